The molecule has 96 valence electrons. The maximum absolute atomic E-state index is 9.07. The molecule has 4 heteroatoms. The van der Waals surface area contributed by atoms with Gasteiger partial charge in [-0.05, 0) is 43.4 Å². The van der Waals surface area contributed by atoms with Gasteiger partial charge in [-0.15, -0.1) is 0 Å². The van der Waals surface area contributed by atoms with E-state index in [1.807, 2.05) is 12.2 Å². The van der Waals surface area contributed by atoms with E-state index < -0.39 is 0 Å². The largest absolute Gasteiger partial charge is 0.508 e. The first-order valence-electron chi connectivity index (χ1n) is 6.08. The predicted molar refractivity (Wildman–Crippen MR) is 71.4 cm³/mol. The van der Waals surface area contributed by atoms with Gasteiger partial charge in [-0.3, -0.25) is 0 Å². The van der Waals surface area contributed by atoms with Crippen LogP contribution in [0.15, 0.2) is 35.6 Å². The smallest absolute Gasteiger partial charge is 0.115 e. The van der Waals surface area contributed by atoms with Gasteiger partial charge >= 0.3 is 0 Å². The summed E-state index contributed by atoms with van der Waals surface area (Å²) in [5.41, 5.74) is 17.5. The SMILES string of the molecule is NCC1=CC(O)=CC=CC1.N[C@@H]1CC[C@H](N)C1. The van der Waals surface area contributed by atoms with Crippen molar-refractivity contribution in [2.24, 2.45) is 17.2 Å². The Morgan fingerprint density at radius 2 is 1.88 bits per heavy atom. The number of aliphatic hydroxyl groups is 1. The topological polar surface area (TPSA) is 98.3 Å². The minimum atomic E-state index is 0.286. The van der Waals surface area contributed by atoms with Crippen LogP contribution in [0.1, 0.15) is 25.7 Å². The molecule has 0 aromatic carbocycles. The van der Waals surface area contributed by atoms with Crippen LogP contribution < -0.4 is 17.2 Å². The highest BCUT2D eigenvalue weighted by Crippen LogP contribution is 2.14. The Bertz CT molecular complexity index is 313. The van der Waals surface area contributed by atoms with E-state index in [1.165, 1.54) is 0 Å². The highest BCUT2D eigenvalue weighted by molar-refractivity contribution is 5.27. The second kappa shape index (κ2) is 7.27. The number of aliphatic hydroxyl groups excluding tert-OH is 1. The Morgan fingerprint density at radius 1 is 1.24 bits per heavy atom. The summed E-state index contributed by atoms with van der Waals surface area (Å²) in [6.45, 7) is 0.516. The summed E-state index contributed by atoms with van der Waals surface area (Å²) < 4.78 is 0. The Hall–Kier alpha value is -1.10. The second-order valence-electron chi connectivity index (χ2n) is 4.56. The maximum Gasteiger partial charge on any atom is 0.115 e. The van der Waals surface area contributed by atoms with Gasteiger partial charge in [-0.1, -0.05) is 12.2 Å². The molecule has 7 N–H and O–H groups in total. The summed E-state index contributed by atoms with van der Waals surface area (Å²) in [5, 5.41) is 9.07. The minimum Gasteiger partial charge on any atom is -0.508 e. The summed E-state index contributed by atoms with van der Waals surface area (Å²) in [4.78, 5) is 0. The van der Waals surface area contributed by atoms with Crippen molar-refractivity contribution in [3.63, 3.8) is 0 Å². The zero-order chi connectivity index (χ0) is 12.7. The molecule has 0 radical (unpaired) electrons. The third-order valence-electron chi connectivity index (χ3n) is 2.91. The monoisotopic (exact) mass is 237 g/mol. The summed E-state index contributed by atoms with van der Waals surface area (Å²) in [6.07, 6.45) is 11.3. The average Bonchev–Trinajstić information content (AvgIpc) is 2.55. The van der Waals surface area contributed by atoms with Gasteiger partial charge in [0, 0.05) is 18.6 Å². The molecule has 1 saturated carbocycles. The number of hydrogen-bond donors (Lipinski definition) is 4. The van der Waals surface area contributed by atoms with Crippen molar-refractivity contribution in [1.29, 1.82) is 0 Å². The Balaban J connectivity index is 0.000000181. The zero-order valence-electron chi connectivity index (χ0n) is 10.2. The molecule has 0 aromatic rings. The van der Waals surface area contributed by atoms with E-state index in [2.05, 4.69) is 0 Å². The molecule has 0 saturated heterocycles. The van der Waals surface area contributed by atoms with Crippen LogP contribution in [0.25, 0.3) is 0 Å². The fourth-order valence-electron chi connectivity index (χ4n) is 1.90. The quantitative estimate of drug-likeness (QED) is 0.549. The summed E-state index contributed by atoms with van der Waals surface area (Å²) >= 11 is 0. The fraction of sp³-hybridized carbons (Fsp3) is 0.538. The first kappa shape index (κ1) is 14.0. The molecule has 0 spiro atoms. The molecule has 4 nitrogen and oxygen atoms in total. The lowest BCUT2D eigenvalue weighted by Crippen LogP contribution is -2.20. The van der Waals surface area contributed by atoms with Crippen LogP contribution in [0, 0.1) is 0 Å². The van der Waals surface area contributed by atoms with E-state index in [-0.39, 0.29) is 5.76 Å². The fourth-order valence-corrected chi connectivity index (χ4v) is 1.90. The molecule has 0 heterocycles. The normalized spacial score (nSPS) is 27.7. The lowest BCUT2D eigenvalue weighted by Gasteiger charge is -1.97. The van der Waals surface area contributed by atoms with Gasteiger partial charge in [0.15, 0.2) is 0 Å². The van der Waals surface area contributed by atoms with E-state index in [9.17, 15) is 0 Å². The molecule has 2 atom stereocenters. The molecule has 17 heavy (non-hydrogen) atoms. The number of hydrogen-bond acceptors (Lipinski definition) is 4. The van der Waals surface area contributed by atoms with Crippen LogP contribution in [0.4, 0.5) is 0 Å². The molecule has 2 aliphatic carbocycles. The molecule has 0 amide bonds. The lowest BCUT2D eigenvalue weighted by molar-refractivity contribution is 0.432. The van der Waals surface area contributed by atoms with Crippen molar-refractivity contribution in [3.8, 4) is 0 Å². The van der Waals surface area contributed by atoms with Crippen LogP contribution in [-0.4, -0.2) is 23.7 Å². The molecule has 0 aromatic heterocycles. The first-order valence-corrected chi connectivity index (χ1v) is 6.08. The number of nitrogens with two attached hydrogens (primary N) is 3. The van der Waals surface area contributed by atoms with Gasteiger partial charge in [-0.25, -0.2) is 0 Å². The van der Waals surface area contributed by atoms with E-state index in [0.717, 1.165) is 31.3 Å². The highest BCUT2D eigenvalue weighted by Gasteiger charge is 2.16. The van der Waals surface area contributed by atoms with E-state index in [0.29, 0.717) is 18.6 Å². The van der Waals surface area contributed by atoms with Crippen molar-refractivity contribution in [2.75, 3.05) is 6.54 Å². The van der Waals surface area contributed by atoms with Gasteiger partial charge < -0.3 is 22.3 Å². The van der Waals surface area contributed by atoms with Gasteiger partial charge in [0.05, 0.1) is 0 Å². The minimum absolute atomic E-state index is 0.286. The summed E-state index contributed by atoms with van der Waals surface area (Å²) in [7, 11) is 0. The van der Waals surface area contributed by atoms with Crippen molar-refractivity contribution < 1.29 is 5.11 Å². The third-order valence-corrected chi connectivity index (χ3v) is 2.91. The second-order valence-corrected chi connectivity index (χ2v) is 4.56. The van der Waals surface area contributed by atoms with Crippen LogP contribution >= 0.6 is 0 Å². The lowest BCUT2D eigenvalue weighted by atomic mass is 10.2. The van der Waals surface area contributed by atoms with E-state index in [1.54, 1.807) is 12.2 Å². The molecule has 2 aliphatic rings. The van der Waals surface area contributed by atoms with Crippen molar-refractivity contribution >= 4 is 0 Å². The summed E-state index contributed by atoms with van der Waals surface area (Å²) in [6, 6.07) is 0.796. The van der Waals surface area contributed by atoms with Crippen LogP contribution in [-0.2, 0) is 0 Å². The Labute approximate surface area is 103 Å². The first-order chi connectivity index (χ1) is 8.11. The van der Waals surface area contributed by atoms with Gasteiger partial charge in [0.2, 0.25) is 0 Å². The highest BCUT2D eigenvalue weighted by atomic mass is 16.3. The van der Waals surface area contributed by atoms with Gasteiger partial charge in [0.1, 0.15) is 5.76 Å². The van der Waals surface area contributed by atoms with E-state index in [4.69, 9.17) is 22.3 Å². The molecular weight excluding hydrogens is 214 g/mol. The molecule has 1 fully saturated rings. The standard InChI is InChI=1S/C8H11NO.C5H12N2/c9-6-7-3-1-2-4-8(10)5-7;6-4-1-2-5(7)3-4/h1-2,4-5,10H,3,6,9H2;4-5H,1-3,6-7H2/t;4-,5+. The predicted octanol–water partition coefficient (Wildman–Crippen LogP) is 1.10. The summed E-state index contributed by atoms with van der Waals surface area (Å²) in [5.74, 6) is 0.286. The van der Waals surface area contributed by atoms with Crippen molar-refractivity contribution in [3.05, 3.63) is 35.6 Å². The van der Waals surface area contributed by atoms with E-state index >= 15 is 0 Å². The molecule has 0 aliphatic heterocycles. The van der Waals surface area contributed by atoms with Gasteiger partial charge in [0.25, 0.3) is 0 Å². The Morgan fingerprint density at radius 3 is 2.35 bits per heavy atom. The third kappa shape index (κ3) is 5.68. The average molecular weight is 237 g/mol. The van der Waals surface area contributed by atoms with Crippen molar-refractivity contribution in [1.82, 2.24) is 0 Å². The van der Waals surface area contributed by atoms with Crippen LogP contribution in [0.2, 0.25) is 0 Å². The Kier molecular flexibility index (Phi) is 5.97. The number of rotatable bonds is 1. The number of allylic oxidation sites excluding steroid dienone is 4. The molecule has 0 unspecified atom stereocenters. The zero-order valence-corrected chi connectivity index (χ0v) is 10.2. The van der Waals surface area contributed by atoms with Crippen LogP contribution in [0.5, 0.6) is 0 Å². The molecule has 2 rings (SSSR count). The van der Waals surface area contributed by atoms with Gasteiger partial charge in [-0.2, -0.15) is 0 Å². The maximum atomic E-state index is 9.07. The molecular formula is C13H23N3O. The van der Waals surface area contributed by atoms with Crippen LogP contribution in [0.3, 0.4) is 0 Å². The van der Waals surface area contributed by atoms with Crippen molar-refractivity contribution in [2.45, 2.75) is 37.8 Å². The molecule has 0 bridgehead atoms.